The molecule has 1 amide bonds. The fourth-order valence-electron chi connectivity index (χ4n) is 2.80. The molecule has 0 bridgehead atoms. The summed E-state index contributed by atoms with van der Waals surface area (Å²) in [4.78, 5) is 35.6. The summed E-state index contributed by atoms with van der Waals surface area (Å²) < 4.78 is 4.97. The lowest BCUT2D eigenvalue weighted by atomic mass is 9.99. The molecule has 3 N–H and O–H groups in total. The Hall–Kier alpha value is -3.12. The molecule has 0 aliphatic rings. The van der Waals surface area contributed by atoms with Crippen LogP contribution in [0.15, 0.2) is 60.8 Å². The molecular weight excluding hydrogens is 392 g/mol. The zero-order chi connectivity index (χ0) is 21.2. The van der Waals surface area contributed by atoms with Crippen molar-refractivity contribution in [3.05, 3.63) is 71.4 Å². The van der Waals surface area contributed by atoms with Gasteiger partial charge in [0.25, 0.3) is 5.91 Å². The van der Waals surface area contributed by atoms with Gasteiger partial charge in [0, 0.05) is 17.1 Å². The monoisotopic (exact) mass is 414 g/mol. The lowest BCUT2D eigenvalue weighted by Crippen LogP contribution is -2.41. The van der Waals surface area contributed by atoms with Gasteiger partial charge < -0.3 is 15.8 Å². The summed E-state index contributed by atoms with van der Waals surface area (Å²) in [6, 6.07) is 14.6. The SMILES string of the molecule is CCOC(=O)C[C@@H](Cc1ccc(-c2cccc(Cl)c2)cc1)NC(=O)C(=O)C=CN. The largest absolute Gasteiger partial charge is 0.466 e. The highest BCUT2D eigenvalue weighted by atomic mass is 35.5. The summed E-state index contributed by atoms with van der Waals surface area (Å²) in [5.41, 5.74) is 8.02. The molecule has 152 valence electrons. The Balaban J connectivity index is 2.13. The fourth-order valence-corrected chi connectivity index (χ4v) is 2.99. The van der Waals surface area contributed by atoms with E-state index in [0.29, 0.717) is 11.4 Å². The second kappa shape index (κ2) is 11.0. The third-order valence-electron chi connectivity index (χ3n) is 4.12. The number of esters is 1. The molecule has 0 spiro atoms. The minimum Gasteiger partial charge on any atom is -0.466 e. The lowest BCUT2D eigenvalue weighted by Gasteiger charge is -2.17. The summed E-state index contributed by atoms with van der Waals surface area (Å²) in [6.07, 6.45) is 2.28. The van der Waals surface area contributed by atoms with Crippen LogP contribution in [0.4, 0.5) is 0 Å². The first-order chi connectivity index (χ1) is 13.9. The van der Waals surface area contributed by atoms with Crippen molar-refractivity contribution in [1.29, 1.82) is 0 Å². The van der Waals surface area contributed by atoms with Gasteiger partial charge in [0.2, 0.25) is 5.78 Å². The van der Waals surface area contributed by atoms with Crippen molar-refractivity contribution >= 4 is 29.3 Å². The van der Waals surface area contributed by atoms with Crippen LogP contribution < -0.4 is 11.1 Å². The molecule has 6 nitrogen and oxygen atoms in total. The van der Waals surface area contributed by atoms with Crippen molar-refractivity contribution in [2.45, 2.75) is 25.8 Å². The summed E-state index contributed by atoms with van der Waals surface area (Å²) >= 11 is 6.04. The van der Waals surface area contributed by atoms with Crippen molar-refractivity contribution in [3.8, 4) is 11.1 Å². The molecule has 1 atom stereocenters. The zero-order valence-electron chi connectivity index (χ0n) is 16.1. The van der Waals surface area contributed by atoms with E-state index >= 15 is 0 Å². The predicted molar refractivity (Wildman–Crippen MR) is 112 cm³/mol. The van der Waals surface area contributed by atoms with Crippen LogP contribution in [0.5, 0.6) is 0 Å². The van der Waals surface area contributed by atoms with Crippen molar-refractivity contribution < 1.29 is 19.1 Å². The highest BCUT2D eigenvalue weighted by molar-refractivity contribution is 6.40. The van der Waals surface area contributed by atoms with Crippen LogP contribution in [-0.4, -0.2) is 30.3 Å². The zero-order valence-corrected chi connectivity index (χ0v) is 16.8. The van der Waals surface area contributed by atoms with Gasteiger partial charge >= 0.3 is 5.97 Å². The van der Waals surface area contributed by atoms with Crippen LogP contribution in [0.1, 0.15) is 18.9 Å². The highest BCUT2D eigenvalue weighted by Gasteiger charge is 2.20. The van der Waals surface area contributed by atoms with Gasteiger partial charge in [0.05, 0.1) is 13.0 Å². The Labute approximate surface area is 174 Å². The maximum Gasteiger partial charge on any atom is 0.307 e. The molecule has 0 heterocycles. The maximum atomic E-state index is 12.0. The Morgan fingerprint density at radius 1 is 1.14 bits per heavy atom. The highest BCUT2D eigenvalue weighted by Crippen LogP contribution is 2.23. The summed E-state index contributed by atoms with van der Waals surface area (Å²) in [7, 11) is 0. The maximum absolute atomic E-state index is 12.0. The Morgan fingerprint density at radius 2 is 1.86 bits per heavy atom. The summed E-state index contributed by atoms with van der Waals surface area (Å²) in [5, 5.41) is 3.23. The van der Waals surface area contributed by atoms with E-state index < -0.39 is 23.7 Å². The van der Waals surface area contributed by atoms with Gasteiger partial charge in [-0.25, -0.2) is 0 Å². The number of nitrogens with two attached hydrogens (primary N) is 1. The summed E-state index contributed by atoms with van der Waals surface area (Å²) in [6.45, 7) is 1.94. The third kappa shape index (κ3) is 7.08. The van der Waals surface area contributed by atoms with Crippen LogP contribution in [0, 0.1) is 0 Å². The number of carbonyl (C=O) groups excluding carboxylic acids is 3. The van der Waals surface area contributed by atoms with E-state index in [-0.39, 0.29) is 13.0 Å². The van der Waals surface area contributed by atoms with Crippen LogP contribution in [-0.2, 0) is 25.5 Å². The predicted octanol–water partition coefficient (Wildman–Crippen LogP) is 3.03. The van der Waals surface area contributed by atoms with Gasteiger partial charge in [-0.05, 0) is 48.4 Å². The van der Waals surface area contributed by atoms with Crippen LogP contribution in [0.3, 0.4) is 0 Å². The number of benzene rings is 2. The van der Waals surface area contributed by atoms with E-state index in [4.69, 9.17) is 22.1 Å². The molecule has 0 aliphatic heterocycles. The fraction of sp³-hybridized carbons (Fsp3) is 0.227. The van der Waals surface area contributed by atoms with E-state index in [1.165, 1.54) is 0 Å². The van der Waals surface area contributed by atoms with Gasteiger partial charge in [-0.1, -0.05) is 48.0 Å². The minimum atomic E-state index is -0.823. The quantitative estimate of drug-likeness (QED) is 0.373. The second-order valence-electron chi connectivity index (χ2n) is 6.31. The Bertz CT molecular complexity index is 894. The molecule has 7 heteroatoms. The molecule has 2 rings (SSSR count). The van der Waals surface area contributed by atoms with Crippen LogP contribution >= 0.6 is 11.6 Å². The number of amides is 1. The molecule has 0 unspecified atom stereocenters. The average molecular weight is 415 g/mol. The van der Waals surface area contributed by atoms with Crippen LogP contribution in [0.2, 0.25) is 5.02 Å². The van der Waals surface area contributed by atoms with Crippen molar-refractivity contribution in [1.82, 2.24) is 5.32 Å². The number of ketones is 1. The number of ether oxygens (including phenoxy) is 1. The van der Waals surface area contributed by atoms with E-state index in [1.54, 1.807) is 6.92 Å². The average Bonchev–Trinajstić information content (AvgIpc) is 2.68. The number of hydrogen-bond acceptors (Lipinski definition) is 5. The first kappa shape index (κ1) is 22.2. The molecular formula is C22H23ClN2O4. The van der Waals surface area contributed by atoms with Gasteiger partial charge in [0.15, 0.2) is 0 Å². The number of nitrogens with one attached hydrogen (secondary N) is 1. The molecule has 0 aromatic heterocycles. The molecule has 0 fully saturated rings. The Morgan fingerprint density at radius 3 is 2.48 bits per heavy atom. The standard InChI is InChI=1S/C22H23ClN2O4/c1-2-29-21(27)14-19(25-22(28)20(26)10-11-24)12-15-6-8-16(9-7-15)17-4-3-5-18(23)13-17/h3-11,13,19H,2,12,14,24H2,1H3,(H,25,28)/t19-/m1/s1. The smallest absolute Gasteiger partial charge is 0.307 e. The van der Waals surface area contributed by atoms with E-state index in [9.17, 15) is 14.4 Å². The van der Waals surface area contributed by atoms with E-state index in [0.717, 1.165) is 29.0 Å². The number of carbonyl (C=O) groups is 3. The molecule has 0 saturated heterocycles. The van der Waals surface area contributed by atoms with Crippen LogP contribution in [0.25, 0.3) is 11.1 Å². The molecule has 29 heavy (non-hydrogen) atoms. The molecule has 0 saturated carbocycles. The summed E-state index contributed by atoms with van der Waals surface area (Å²) in [5.74, 6) is -2.05. The van der Waals surface area contributed by atoms with Gasteiger partial charge in [-0.15, -0.1) is 0 Å². The van der Waals surface area contributed by atoms with Crippen molar-refractivity contribution in [3.63, 3.8) is 0 Å². The van der Waals surface area contributed by atoms with E-state index in [2.05, 4.69) is 5.32 Å². The second-order valence-corrected chi connectivity index (χ2v) is 6.75. The van der Waals surface area contributed by atoms with Gasteiger partial charge in [-0.2, -0.15) is 0 Å². The molecule has 2 aromatic carbocycles. The van der Waals surface area contributed by atoms with Gasteiger partial charge in [0.1, 0.15) is 0 Å². The van der Waals surface area contributed by atoms with Crippen molar-refractivity contribution in [2.24, 2.45) is 5.73 Å². The minimum absolute atomic E-state index is 0.0464. The first-order valence-electron chi connectivity index (χ1n) is 9.16. The third-order valence-corrected chi connectivity index (χ3v) is 4.35. The molecule has 2 aromatic rings. The lowest BCUT2D eigenvalue weighted by molar-refractivity contribution is -0.144. The Kier molecular flexibility index (Phi) is 8.43. The molecule has 0 radical (unpaired) electrons. The normalized spacial score (nSPS) is 11.8. The topological polar surface area (TPSA) is 98.5 Å². The number of hydrogen-bond donors (Lipinski definition) is 2. The van der Waals surface area contributed by atoms with E-state index in [1.807, 2.05) is 48.5 Å². The van der Waals surface area contributed by atoms with Crippen molar-refractivity contribution in [2.75, 3.05) is 6.61 Å². The van der Waals surface area contributed by atoms with Gasteiger partial charge in [-0.3, -0.25) is 14.4 Å². The first-order valence-corrected chi connectivity index (χ1v) is 9.54. The number of halogens is 1. The number of rotatable bonds is 9. The molecule has 0 aliphatic carbocycles.